The lowest BCUT2D eigenvalue weighted by Crippen LogP contribution is -2.20. The van der Waals surface area contributed by atoms with E-state index in [0.29, 0.717) is 10.9 Å². The number of benzene rings is 1. The number of rotatable bonds is 5. The van der Waals surface area contributed by atoms with Gasteiger partial charge < -0.3 is 5.32 Å². The van der Waals surface area contributed by atoms with Crippen molar-refractivity contribution < 1.29 is 0 Å². The fourth-order valence-electron chi connectivity index (χ4n) is 1.65. The van der Waals surface area contributed by atoms with Gasteiger partial charge in [-0.15, -0.1) is 0 Å². The van der Waals surface area contributed by atoms with Crippen molar-refractivity contribution in [2.45, 2.75) is 19.8 Å². The third-order valence-corrected chi connectivity index (χ3v) is 3.18. The van der Waals surface area contributed by atoms with Crippen LogP contribution in [0.4, 0.5) is 0 Å². The van der Waals surface area contributed by atoms with Gasteiger partial charge in [0.05, 0.1) is 0 Å². The lowest BCUT2D eigenvalue weighted by molar-refractivity contribution is 0.481. The summed E-state index contributed by atoms with van der Waals surface area (Å²) in [6, 6.07) is 5.72. The quantitative estimate of drug-likeness (QED) is 0.833. The minimum Gasteiger partial charge on any atom is -0.319 e. The maximum Gasteiger partial charge on any atom is 0.0452 e. The highest BCUT2D eigenvalue weighted by Gasteiger charge is 2.09. The molecule has 0 amide bonds. The number of halogens is 2. The highest BCUT2D eigenvalue weighted by molar-refractivity contribution is 6.35. The molecule has 0 bridgehead atoms. The largest absolute Gasteiger partial charge is 0.319 e. The Balaban J connectivity index is 2.70. The molecule has 1 aromatic carbocycles. The normalized spacial score (nSPS) is 12.8. The molecule has 0 fully saturated rings. The monoisotopic (exact) mass is 245 g/mol. The second kappa shape index (κ2) is 6.37. The summed E-state index contributed by atoms with van der Waals surface area (Å²) in [5, 5.41) is 4.68. The van der Waals surface area contributed by atoms with Gasteiger partial charge in [0.25, 0.3) is 0 Å². The Hall–Kier alpha value is -0.240. The van der Waals surface area contributed by atoms with Gasteiger partial charge in [0.2, 0.25) is 0 Å². The van der Waals surface area contributed by atoms with Crippen molar-refractivity contribution in [1.29, 1.82) is 0 Å². The summed E-state index contributed by atoms with van der Waals surface area (Å²) in [6.07, 6.45) is 2.16. The van der Waals surface area contributed by atoms with Crippen molar-refractivity contribution in [3.63, 3.8) is 0 Å². The van der Waals surface area contributed by atoms with E-state index >= 15 is 0 Å². The first-order valence-corrected chi connectivity index (χ1v) is 6.01. The Morgan fingerprint density at radius 1 is 1.33 bits per heavy atom. The molecule has 0 spiro atoms. The molecule has 0 aliphatic heterocycles. The minimum absolute atomic E-state index is 0.633. The van der Waals surface area contributed by atoms with Crippen LogP contribution in [0, 0.1) is 5.92 Å². The van der Waals surface area contributed by atoms with Crippen molar-refractivity contribution in [3.05, 3.63) is 33.8 Å². The van der Waals surface area contributed by atoms with Gasteiger partial charge in [0.1, 0.15) is 0 Å². The zero-order valence-corrected chi connectivity index (χ0v) is 10.7. The number of hydrogen-bond donors (Lipinski definition) is 1. The van der Waals surface area contributed by atoms with Gasteiger partial charge in [-0.05, 0) is 43.6 Å². The van der Waals surface area contributed by atoms with E-state index in [0.717, 1.165) is 24.4 Å². The van der Waals surface area contributed by atoms with Gasteiger partial charge in [-0.25, -0.2) is 0 Å². The molecule has 0 saturated heterocycles. The molecule has 1 rings (SSSR count). The van der Waals surface area contributed by atoms with Crippen molar-refractivity contribution in [3.8, 4) is 0 Å². The molecule has 3 heteroatoms. The molecule has 84 valence electrons. The van der Waals surface area contributed by atoms with E-state index in [1.807, 2.05) is 25.2 Å². The van der Waals surface area contributed by atoms with Gasteiger partial charge in [0, 0.05) is 10.0 Å². The third-order valence-electron chi connectivity index (χ3n) is 2.59. The maximum absolute atomic E-state index is 6.13. The van der Waals surface area contributed by atoms with E-state index in [-0.39, 0.29) is 0 Å². The molecule has 15 heavy (non-hydrogen) atoms. The molecular formula is C12H17Cl2N. The van der Waals surface area contributed by atoms with Crippen LogP contribution < -0.4 is 5.32 Å². The van der Waals surface area contributed by atoms with Gasteiger partial charge in [0.15, 0.2) is 0 Å². The summed E-state index contributed by atoms with van der Waals surface area (Å²) in [5.74, 6) is 0.633. The highest BCUT2D eigenvalue weighted by Crippen LogP contribution is 2.24. The zero-order valence-electron chi connectivity index (χ0n) is 9.19. The molecule has 1 N–H and O–H groups in total. The standard InChI is InChI=1S/C12H17Cl2N/c1-3-9(8-15-2)6-10-4-5-11(13)7-12(10)14/h4-5,7,9,15H,3,6,8H2,1-2H3. The first kappa shape index (κ1) is 12.8. The molecule has 1 nitrogen and oxygen atoms in total. The molecule has 0 heterocycles. The predicted molar refractivity (Wildman–Crippen MR) is 67.9 cm³/mol. The van der Waals surface area contributed by atoms with E-state index in [2.05, 4.69) is 12.2 Å². The van der Waals surface area contributed by atoms with E-state index in [9.17, 15) is 0 Å². The van der Waals surface area contributed by atoms with Gasteiger partial charge in [-0.1, -0.05) is 42.6 Å². The van der Waals surface area contributed by atoms with Gasteiger partial charge in [-0.3, -0.25) is 0 Å². The van der Waals surface area contributed by atoms with Crippen LogP contribution in [0.1, 0.15) is 18.9 Å². The summed E-state index contributed by atoms with van der Waals surface area (Å²) in [7, 11) is 1.98. The molecule has 1 atom stereocenters. The van der Waals surface area contributed by atoms with Crippen LogP contribution >= 0.6 is 23.2 Å². The van der Waals surface area contributed by atoms with Crippen molar-refractivity contribution >= 4 is 23.2 Å². The van der Waals surface area contributed by atoms with Crippen LogP contribution in [0.3, 0.4) is 0 Å². The smallest absolute Gasteiger partial charge is 0.0452 e. The first-order valence-electron chi connectivity index (χ1n) is 5.25. The molecule has 0 aliphatic carbocycles. The van der Waals surface area contributed by atoms with E-state index < -0.39 is 0 Å². The van der Waals surface area contributed by atoms with Crippen LogP contribution in [-0.4, -0.2) is 13.6 Å². The fraction of sp³-hybridized carbons (Fsp3) is 0.500. The Bertz CT molecular complexity index is 312. The molecule has 0 aliphatic rings. The molecule has 0 aromatic heterocycles. The number of hydrogen-bond acceptors (Lipinski definition) is 1. The average Bonchev–Trinajstić information content (AvgIpc) is 2.21. The second-order valence-corrected chi connectivity index (χ2v) is 4.62. The topological polar surface area (TPSA) is 12.0 Å². The zero-order chi connectivity index (χ0) is 11.3. The van der Waals surface area contributed by atoms with Crippen LogP contribution in [0.2, 0.25) is 10.0 Å². The van der Waals surface area contributed by atoms with E-state index in [1.54, 1.807) is 0 Å². The lowest BCUT2D eigenvalue weighted by atomic mass is 9.97. The first-order chi connectivity index (χ1) is 7.17. The Morgan fingerprint density at radius 2 is 2.07 bits per heavy atom. The fourth-order valence-corrected chi connectivity index (χ4v) is 2.13. The minimum atomic E-state index is 0.633. The Morgan fingerprint density at radius 3 is 2.60 bits per heavy atom. The summed E-state index contributed by atoms with van der Waals surface area (Å²) in [5.41, 5.74) is 1.18. The van der Waals surface area contributed by atoms with Crippen LogP contribution in [0.15, 0.2) is 18.2 Å². The molecule has 0 saturated carbocycles. The second-order valence-electron chi connectivity index (χ2n) is 3.77. The molecule has 1 aromatic rings. The predicted octanol–water partition coefficient (Wildman–Crippen LogP) is 3.78. The summed E-state index contributed by atoms with van der Waals surface area (Å²) >= 11 is 12.0. The van der Waals surface area contributed by atoms with Crippen LogP contribution in [0.25, 0.3) is 0 Å². The highest BCUT2D eigenvalue weighted by atomic mass is 35.5. The SMILES string of the molecule is CCC(CNC)Cc1ccc(Cl)cc1Cl. The molecular weight excluding hydrogens is 229 g/mol. The Kier molecular flexibility index (Phi) is 5.44. The van der Waals surface area contributed by atoms with E-state index in [4.69, 9.17) is 23.2 Å². The van der Waals surface area contributed by atoms with Crippen molar-refractivity contribution in [2.24, 2.45) is 5.92 Å². The van der Waals surface area contributed by atoms with Gasteiger partial charge >= 0.3 is 0 Å². The van der Waals surface area contributed by atoms with Crippen LogP contribution in [0.5, 0.6) is 0 Å². The maximum atomic E-state index is 6.13. The average molecular weight is 246 g/mol. The Labute approximate surface area is 102 Å². The summed E-state index contributed by atoms with van der Waals surface area (Å²) in [6.45, 7) is 3.22. The van der Waals surface area contributed by atoms with Crippen molar-refractivity contribution in [1.82, 2.24) is 5.32 Å². The van der Waals surface area contributed by atoms with E-state index in [1.165, 1.54) is 5.56 Å². The summed E-state index contributed by atoms with van der Waals surface area (Å²) < 4.78 is 0. The molecule has 0 radical (unpaired) electrons. The number of nitrogens with one attached hydrogen (secondary N) is 1. The summed E-state index contributed by atoms with van der Waals surface area (Å²) in [4.78, 5) is 0. The van der Waals surface area contributed by atoms with Crippen LogP contribution in [-0.2, 0) is 6.42 Å². The lowest BCUT2D eigenvalue weighted by Gasteiger charge is -2.15. The van der Waals surface area contributed by atoms with Crippen molar-refractivity contribution in [2.75, 3.05) is 13.6 Å². The third kappa shape index (κ3) is 4.02. The van der Waals surface area contributed by atoms with Gasteiger partial charge in [-0.2, -0.15) is 0 Å². The molecule has 1 unspecified atom stereocenters.